The third-order valence-corrected chi connectivity index (χ3v) is 4.49. The molecule has 1 heterocycles. The molecule has 1 atom stereocenters. The number of hydrogen-bond donors (Lipinski definition) is 0. The van der Waals surface area contributed by atoms with Crippen molar-refractivity contribution in [3.8, 4) is 0 Å². The number of ether oxygens (including phenoxy) is 3. The van der Waals surface area contributed by atoms with E-state index in [0.717, 1.165) is 32.1 Å². The quantitative estimate of drug-likeness (QED) is 0.545. The van der Waals surface area contributed by atoms with E-state index in [1.807, 2.05) is 0 Å². The van der Waals surface area contributed by atoms with E-state index in [1.54, 1.807) is 0 Å². The maximum absolute atomic E-state index is 11.6. The minimum atomic E-state index is -0.333. The Kier molecular flexibility index (Phi) is 2.52. The summed E-state index contributed by atoms with van der Waals surface area (Å²) in [5, 5.41) is 0. The van der Waals surface area contributed by atoms with Crippen LogP contribution in [0, 0.1) is 11.3 Å². The van der Waals surface area contributed by atoms with Crippen LogP contribution >= 0.6 is 0 Å². The van der Waals surface area contributed by atoms with E-state index >= 15 is 0 Å². The number of hydrogen-bond acceptors (Lipinski definition) is 4. The van der Waals surface area contributed by atoms with E-state index in [-0.39, 0.29) is 23.1 Å². The van der Waals surface area contributed by atoms with Gasteiger partial charge in [-0.15, -0.1) is 0 Å². The van der Waals surface area contributed by atoms with Crippen LogP contribution in [0.5, 0.6) is 0 Å². The zero-order chi connectivity index (χ0) is 11.9. The van der Waals surface area contributed by atoms with Crippen molar-refractivity contribution >= 4 is 5.97 Å². The molecule has 0 aromatic rings. The minimum Gasteiger partial charge on any atom is -0.435 e. The molecule has 1 aliphatic heterocycles. The van der Waals surface area contributed by atoms with Crippen LogP contribution in [-0.4, -0.2) is 25.0 Å². The summed E-state index contributed by atoms with van der Waals surface area (Å²) >= 11 is 0. The maximum Gasteiger partial charge on any atom is 0.314 e. The van der Waals surface area contributed by atoms with Gasteiger partial charge >= 0.3 is 5.97 Å². The molecule has 1 unspecified atom stereocenters. The molecule has 0 aromatic heterocycles. The minimum absolute atomic E-state index is 0.0688. The first-order valence-electron chi connectivity index (χ1n) is 6.29. The van der Waals surface area contributed by atoms with Crippen LogP contribution in [0.1, 0.15) is 32.1 Å². The molecule has 4 nitrogen and oxygen atoms in total. The van der Waals surface area contributed by atoms with Crippen LogP contribution in [0.4, 0.5) is 0 Å². The summed E-state index contributed by atoms with van der Waals surface area (Å²) in [7, 11) is 0. The number of rotatable bonds is 2. The molecule has 0 radical (unpaired) electrons. The Hall–Kier alpha value is -0.870. The summed E-state index contributed by atoms with van der Waals surface area (Å²) < 4.78 is 16.3. The van der Waals surface area contributed by atoms with Crippen LogP contribution < -0.4 is 0 Å². The first kappa shape index (κ1) is 11.2. The van der Waals surface area contributed by atoms with Crippen molar-refractivity contribution in [1.82, 2.24) is 0 Å². The second-order valence-corrected chi connectivity index (χ2v) is 5.33. The van der Waals surface area contributed by atoms with Gasteiger partial charge in [-0.05, 0) is 24.7 Å². The lowest BCUT2D eigenvalue weighted by Gasteiger charge is -2.36. The van der Waals surface area contributed by atoms with E-state index in [2.05, 4.69) is 6.58 Å². The highest BCUT2D eigenvalue weighted by Gasteiger charge is 2.62. The van der Waals surface area contributed by atoms with Crippen LogP contribution in [0.3, 0.4) is 0 Å². The molecule has 3 aliphatic rings. The Morgan fingerprint density at radius 2 is 1.88 bits per heavy atom. The second-order valence-electron chi connectivity index (χ2n) is 5.33. The van der Waals surface area contributed by atoms with Gasteiger partial charge in [0.05, 0.1) is 25.4 Å². The second kappa shape index (κ2) is 3.82. The highest BCUT2D eigenvalue weighted by Crippen LogP contribution is 2.63. The Bertz CT molecular complexity index is 333. The average molecular weight is 238 g/mol. The Morgan fingerprint density at radius 1 is 1.24 bits per heavy atom. The van der Waals surface area contributed by atoms with E-state index in [0.29, 0.717) is 13.2 Å². The van der Waals surface area contributed by atoms with Gasteiger partial charge in [0.2, 0.25) is 0 Å². The number of carbonyl (C=O) groups is 1. The van der Waals surface area contributed by atoms with Crippen molar-refractivity contribution in [3.05, 3.63) is 12.8 Å². The number of carbonyl (C=O) groups excluding carboxylic acids is 1. The molecule has 94 valence electrons. The van der Waals surface area contributed by atoms with Gasteiger partial charge in [-0.3, -0.25) is 4.79 Å². The highest BCUT2D eigenvalue weighted by molar-refractivity contribution is 5.77. The van der Waals surface area contributed by atoms with Crippen molar-refractivity contribution in [2.45, 2.75) is 37.9 Å². The van der Waals surface area contributed by atoms with Gasteiger partial charge in [-0.2, -0.15) is 0 Å². The summed E-state index contributed by atoms with van der Waals surface area (Å²) in [5.74, 6) is -0.385. The predicted molar refractivity (Wildman–Crippen MR) is 59.9 cm³/mol. The fourth-order valence-corrected chi connectivity index (χ4v) is 3.31. The van der Waals surface area contributed by atoms with Crippen molar-refractivity contribution in [2.75, 3.05) is 13.2 Å². The van der Waals surface area contributed by atoms with Gasteiger partial charge < -0.3 is 14.2 Å². The van der Waals surface area contributed by atoms with Crippen molar-refractivity contribution < 1.29 is 19.0 Å². The van der Waals surface area contributed by atoms with Crippen LogP contribution in [0.2, 0.25) is 0 Å². The summed E-state index contributed by atoms with van der Waals surface area (Å²) in [6.45, 7) is 4.83. The summed E-state index contributed by atoms with van der Waals surface area (Å²) in [5.41, 5.74) is 0.167. The third kappa shape index (κ3) is 1.79. The topological polar surface area (TPSA) is 44.8 Å². The molecule has 0 aromatic carbocycles. The molecule has 2 aliphatic carbocycles. The summed E-state index contributed by atoms with van der Waals surface area (Å²) in [4.78, 5) is 11.6. The van der Waals surface area contributed by atoms with Crippen molar-refractivity contribution in [3.63, 3.8) is 0 Å². The fourth-order valence-electron chi connectivity index (χ4n) is 3.31. The maximum atomic E-state index is 11.6. The lowest BCUT2D eigenvalue weighted by molar-refractivity contribution is -0.186. The normalized spacial score (nSPS) is 32.6. The molecule has 3 fully saturated rings. The molecule has 0 bridgehead atoms. The Balaban J connectivity index is 1.59. The Labute approximate surface area is 101 Å². The van der Waals surface area contributed by atoms with E-state index < -0.39 is 0 Å². The zero-order valence-corrected chi connectivity index (χ0v) is 9.94. The van der Waals surface area contributed by atoms with Crippen molar-refractivity contribution in [1.29, 1.82) is 0 Å². The van der Waals surface area contributed by atoms with Crippen LogP contribution in [0.15, 0.2) is 12.8 Å². The third-order valence-electron chi connectivity index (χ3n) is 4.49. The summed E-state index contributed by atoms with van der Waals surface area (Å²) in [6.07, 6.45) is 6.00. The molecule has 3 rings (SSSR count). The number of esters is 1. The molecule has 0 N–H and O–H groups in total. The van der Waals surface area contributed by atoms with E-state index in [1.165, 1.54) is 6.26 Å². The largest absolute Gasteiger partial charge is 0.435 e. The van der Waals surface area contributed by atoms with Gasteiger partial charge in [0.25, 0.3) is 0 Å². The standard InChI is InChI=1S/C13H18O4/c1-2-15-11(14)10-9-12(10)3-5-13(6-4-12)16-7-8-17-13/h2,10H,1,3-9H2. The van der Waals surface area contributed by atoms with Crippen molar-refractivity contribution in [2.24, 2.45) is 11.3 Å². The zero-order valence-electron chi connectivity index (χ0n) is 9.94. The summed E-state index contributed by atoms with van der Waals surface area (Å²) in [6, 6.07) is 0. The molecule has 2 spiro atoms. The lowest BCUT2D eigenvalue weighted by Crippen LogP contribution is -2.36. The van der Waals surface area contributed by atoms with Gasteiger partial charge in [0.15, 0.2) is 5.79 Å². The average Bonchev–Trinajstić information content (AvgIpc) is 2.86. The van der Waals surface area contributed by atoms with Gasteiger partial charge in [0, 0.05) is 12.8 Å². The van der Waals surface area contributed by atoms with Gasteiger partial charge in [-0.25, -0.2) is 0 Å². The first-order chi connectivity index (χ1) is 8.20. The first-order valence-corrected chi connectivity index (χ1v) is 6.29. The van der Waals surface area contributed by atoms with E-state index in [4.69, 9.17) is 14.2 Å². The fraction of sp³-hybridized carbons (Fsp3) is 0.769. The molecule has 17 heavy (non-hydrogen) atoms. The SMILES string of the molecule is C=COC(=O)C1CC12CCC1(CC2)OCCO1. The van der Waals surface area contributed by atoms with Crippen LogP contribution in [0.25, 0.3) is 0 Å². The molecule has 1 saturated heterocycles. The predicted octanol–water partition coefficient (Wildman–Crippen LogP) is 2.00. The molecular formula is C13H18O4. The van der Waals surface area contributed by atoms with E-state index in [9.17, 15) is 4.79 Å². The molecule has 4 heteroatoms. The lowest BCUT2D eigenvalue weighted by atomic mass is 9.81. The Morgan fingerprint density at radius 3 is 2.47 bits per heavy atom. The molecular weight excluding hydrogens is 220 g/mol. The molecule has 2 saturated carbocycles. The monoisotopic (exact) mass is 238 g/mol. The van der Waals surface area contributed by atoms with Gasteiger partial charge in [-0.1, -0.05) is 6.58 Å². The highest BCUT2D eigenvalue weighted by atomic mass is 16.7. The van der Waals surface area contributed by atoms with Gasteiger partial charge in [0.1, 0.15) is 0 Å². The molecule has 0 amide bonds. The smallest absolute Gasteiger partial charge is 0.314 e. The van der Waals surface area contributed by atoms with Crippen LogP contribution in [-0.2, 0) is 19.0 Å².